The maximum absolute atomic E-state index is 11.1. The van der Waals surface area contributed by atoms with Crippen LogP contribution in [0.4, 0.5) is 0 Å². The molecule has 4 aromatic carbocycles. The fraction of sp³-hybridized carbons (Fsp3) is 0.211. The Morgan fingerprint density at radius 1 is 0.690 bits per heavy atom. The molecule has 42 heavy (non-hydrogen) atoms. The number of carboxylic acid groups (broad SMARTS) is 1. The van der Waals surface area contributed by atoms with E-state index in [0.717, 1.165) is 16.8 Å². The smallest absolute Gasteiger partial charge is 0.346 e. The first-order valence-electron chi connectivity index (χ1n) is 14.2. The van der Waals surface area contributed by atoms with Crippen LogP contribution in [0, 0.1) is 11.3 Å². The van der Waals surface area contributed by atoms with Gasteiger partial charge in [0.15, 0.2) is 0 Å². The van der Waals surface area contributed by atoms with Crippen LogP contribution in [-0.2, 0) is 15.6 Å². The average molecular weight is 553 g/mol. The quantitative estimate of drug-likeness (QED) is 0.134. The van der Waals surface area contributed by atoms with E-state index in [1.54, 1.807) is 6.07 Å². The van der Waals surface area contributed by atoms with Crippen LogP contribution in [0.2, 0.25) is 0 Å². The van der Waals surface area contributed by atoms with Gasteiger partial charge in [0.25, 0.3) is 0 Å². The summed E-state index contributed by atoms with van der Waals surface area (Å²) >= 11 is 0. The van der Waals surface area contributed by atoms with Crippen molar-refractivity contribution in [1.29, 1.82) is 5.26 Å². The summed E-state index contributed by atoms with van der Waals surface area (Å²) in [6, 6.07) is 31.5. The maximum atomic E-state index is 11.1. The fourth-order valence-electron chi connectivity index (χ4n) is 5.17. The summed E-state index contributed by atoms with van der Waals surface area (Å²) < 4.78 is 2.36. The van der Waals surface area contributed by atoms with E-state index in [-0.39, 0.29) is 16.4 Å². The van der Waals surface area contributed by atoms with Crippen molar-refractivity contribution < 1.29 is 9.90 Å². The van der Waals surface area contributed by atoms with Crippen molar-refractivity contribution in [3.63, 3.8) is 0 Å². The van der Waals surface area contributed by atoms with Crippen LogP contribution in [0.5, 0.6) is 0 Å². The molecule has 1 heterocycles. The second-order valence-corrected chi connectivity index (χ2v) is 12.9. The third-order valence-corrected chi connectivity index (χ3v) is 7.71. The Bertz CT molecular complexity index is 1830. The molecular formula is C38H36N2O2. The highest BCUT2D eigenvalue weighted by Crippen LogP contribution is 2.37. The van der Waals surface area contributed by atoms with Gasteiger partial charge in [-0.05, 0) is 81.1 Å². The number of hydrogen-bond donors (Lipinski definition) is 1. The van der Waals surface area contributed by atoms with Crippen molar-refractivity contribution in [3.8, 4) is 11.8 Å². The van der Waals surface area contributed by atoms with Crippen molar-refractivity contribution in [3.05, 3.63) is 118 Å². The molecular weight excluding hydrogens is 516 g/mol. The van der Waals surface area contributed by atoms with E-state index in [1.165, 1.54) is 39.0 Å². The van der Waals surface area contributed by atoms with Gasteiger partial charge >= 0.3 is 5.97 Å². The molecule has 5 aromatic rings. The van der Waals surface area contributed by atoms with Gasteiger partial charge in [-0.15, -0.1) is 0 Å². The normalized spacial score (nSPS) is 12.7. The Labute approximate surface area is 247 Å². The Balaban J connectivity index is 1.50. The Morgan fingerprint density at radius 3 is 1.52 bits per heavy atom. The lowest BCUT2D eigenvalue weighted by Gasteiger charge is -2.19. The van der Waals surface area contributed by atoms with E-state index in [2.05, 4.69) is 113 Å². The number of nitrogens with zero attached hydrogens (tertiary/aromatic N) is 2. The zero-order valence-corrected chi connectivity index (χ0v) is 25.1. The lowest BCUT2D eigenvalue weighted by molar-refractivity contribution is -0.132. The molecule has 0 bridgehead atoms. The van der Waals surface area contributed by atoms with E-state index in [9.17, 15) is 4.79 Å². The van der Waals surface area contributed by atoms with Gasteiger partial charge < -0.3 is 9.67 Å². The zero-order valence-electron chi connectivity index (χ0n) is 25.1. The second kappa shape index (κ2) is 10.8. The van der Waals surface area contributed by atoms with Gasteiger partial charge in [0.2, 0.25) is 0 Å². The number of rotatable bonds is 5. The van der Waals surface area contributed by atoms with Crippen LogP contribution in [0.1, 0.15) is 69.4 Å². The molecule has 0 saturated carbocycles. The van der Waals surface area contributed by atoms with E-state index >= 15 is 0 Å². The minimum atomic E-state index is -1.23. The van der Waals surface area contributed by atoms with Crippen LogP contribution in [0.25, 0.3) is 45.7 Å². The molecule has 5 rings (SSSR count). The van der Waals surface area contributed by atoms with Gasteiger partial charge in [0.1, 0.15) is 11.6 Å². The van der Waals surface area contributed by atoms with Crippen LogP contribution in [0.15, 0.2) is 90.5 Å². The van der Waals surface area contributed by atoms with E-state index in [0.29, 0.717) is 5.56 Å². The molecule has 0 fully saturated rings. The zero-order chi connectivity index (χ0) is 30.2. The standard InChI is InChI=1S/C38H36N2O2/c1-37(2,3)29-15-19-34-32(22-29)33-23-30(38(4,5)6)16-20-35(33)40(34)31-17-13-26(14-18-31)8-7-25-9-11-27(12-10-25)21-28(24-39)36(41)42/h7-23H,1-6H3,(H,41,42)/b8-7+,28-21+. The lowest BCUT2D eigenvalue weighted by atomic mass is 9.85. The largest absolute Gasteiger partial charge is 0.477 e. The molecule has 0 aliphatic heterocycles. The predicted molar refractivity (Wildman–Crippen MR) is 175 cm³/mol. The summed E-state index contributed by atoms with van der Waals surface area (Å²) in [5.41, 5.74) is 8.73. The molecule has 1 aromatic heterocycles. The summed E-state index contributed by atoms with van der Waals surface area (Å²) in [6.45, 7) is 13.6. The first-order valence-corrected chi connectivity index (χ1v) is 14.2. The Kier molecular flexibility index (Phi) is 7.39. The number of fused-ring (bicyclic) bond motifs is 3. The van der Waals surface area contributed by atoms with Crippen molar-refractivity contribution in [1.82, 2.24) is 4.57 Å². The highest BCUT2D eigenvalue weighted by molar-refractivity contribution is 6.10. The van der Waals surface area contributed by atoms with Gasteiger partial charge in [-0.25, -0.2) is 4.79 Å². The number of aliphatic carboxylic acids is 1. The number of benzene rings is 4. The number of carboxylic acids is 1. The number of carbonyl (C=O) groups is 1. The first kappa shape index (κ1) is 28.6. The minimum Gasteiger partial charge on any atom is -0.477 e. The lowest BCUT2D eigenvalue weighted by Crippen LogP contribution is -2.10. The predicted octanol–water partition coefficient (Wildman–Crippen LogP) is 9.54. The third kappa shape index (κ3) is 5.78. The van der Waals surface area contributed by atoms with E-state index < -0.39 is 5.97 Å². The molecule has 210 valence electrons. The van der Waals surface area contributed by atoms with Gasteiger partial charge in [0, 0.05) is 16.5 Å². The first-order chi connectivity index (χ1) is 19.8. The number of aromatic nitrogens is 1. The van der Waals surface area contributed by atoms with E-state index in [4.69, 9.17) is 10.4 Å². The molecule has 0 spiro atoms. The third-order valence-electron chi connectivity index (χ3n) is 7.71. The van der Waals surface area contributed by atoms with Crippen LogP contribution in [0.3, 0.4) is 0 Å². The summed E-state index contributed by atoms with van der Waals surface area (Å²) in [7, 11) is 0. The molecule has 0 aliphatic carbocycles. The van der Waals surface area contributed by atoms with Gasteiger partial charge in [0.05, 0.1) is 11.0 Å². The molecule has 0 amide bonds. The SMILES string of the molecule is CC(C)(C)c1ccc2c(c1)c1cc(C(C)(C)C)ccc1n2-c1ccc(/C=C/c2ccc(/C=C(\C#N)C(=O)O)cc2)cc1. The van der Waals surface area contributed by atoms with Crippen LogP contribution >= 0.6 is 0 Å². The summed E-state index contributed by atoms with van der Waals surface area (Å²) in [5, 5.41) is 20.6. The molecule has 4 nitrogen and oxygen atoms in total. The summed E-state index contributed by atoms with van der Waals surface area (Å²) in [4.78, 5) is 11.1. The van der Waals surface area contributed by atoms with E-state index in [1.807, 2.05) is 30.3 Å². The summed E-state index contributed by atoms with van der Waals surface area (Å²) in [5.74, 6) is -1.23. The summed E-state index contributed by atoms with van der Waals surface area (Å²) in [6.07, 6.45) is 5.45. The molecule has 0 radical (unpaired) electrons. The molecule has 1 N–H and O–H groups in total. The molecule has 0 unspecified atom stereocenters. The highest BCUT2D eigenvalue weighted by atomic mass is 16.4. The molecule has 0 atom stereocenters. The maximum Gasteiger partial charge on any atom is 0.346 e. The fourth-order valence-corrected chi connectivity index (χ4v) is 5.17. The van der Waals surface area contributed by atoms with Crippen LogP contribution in [-0.4, -0.2) is 15.6 Å². The van der Waals surface area contributed by atoms with Crippen molar-refractivity contribution in [2.24, 2.45) is 0 Å². The molecule has 0 aliphatic rings. The van der Waals surface area contributed by atoms with Gasteiger partial charge in [-0.1, -0.05) is 102 Å². The van der Waals surface area contributed by atoms with Crippen LogP contribution < -0.4 is 0 Å². The minimum absolute atomic E-state index is 0.0628. The monoisotopic (exact) mass is 552 g/mol. The topological polar surface area (TPSA) is 66.0 Å². The number of nitriles is 1. The molecule has 0 saturated heterocycles. The van der Waals surface area contributed by atoms with Gasteiger partial charge in [-0.3, -0.25) is 0 Å². The Hall–Kier alpha value is -4.88. The second-order valence-electron chi connectivity index (χ2n) is 12.9. The van der Waals surface area contributed by atoms with Gasteiger partial charge in [-0.2, -0.15) is 5.26 Å². The average Bonchev–Trinajstić information content (AvgIpc) is 3.28. The molecule has 4 heteroatoms. The number of hydrogen-bond acceptors (Lipinski definition) is 2. The van der Waals surface area contributed by atoms with Crippen molar-refractivity contribution >= 4 is 46.0 Å². The Morgan fingerprint density at radius 2 is 1.12 bits per heavy atom. The van der Waals surface area contributed by atoms with Crippen molar-refractivity contribution in [2.75, 3.05) is 0 Å². The highest BCUT2D eigenvalue weighted by Gasteiger charge is 2.20. The van der Waals surface area contributed by atoms with Crippen molar-refractivity contribution in [2.45, 2.75) is 52.4 Å².